The minimum absolute atomic E-state index is 0.238. The van der Waals surface area contributed by atoms with Gasteiger partial charge in [-0.05, 0) is 59.0 Å². The van der Waals surface area contributed by atoms with E-state index in [0.717, 1.165) is 18.4 Å². The SMILES string of the molecule is N[C@H](c1cccc(I)c1)[C@@H](O)C1CCCC1. The van der Waals surface area contributed by atoms with E-state index in [2.05, 4.69) is 28.7 Å². The summed E-state index contributed by atoms with van der Waals surface area (Å²) in [6.45, 7) is 0. The maximum absolute atomic E-state index is 10.2. The molecule has 1 fully saturated rings. The van der Waals surface area contributed by atoms with Gasteiger partial charge in [0.15, 0.2) is 0 Å². The van der Waals surface area contributed by atoms with Gasteiger partial charge in [0.05, 0.1) is 12.1 Å². The van der Waals surface area contributed by atoms with E-state index in [1.807, 2.05) is 18.2 Å². The van der Waals surface area contributed by atoms with E-state index < -0.39 is 0 Å². The second-order valence-electron chi connectivity index (χ2n) is 4.62. The van der Waals surface area contributed by atoms with Crippen LogP contribution in [-0.2, 0) is 0 Å². The van der Waals surface area contributed by atoms with Crippen molar-refractivity contribution in [3.8, 4) is 0 Å². The van der Waals surface area contributed by atoms with Gasteiger partial charge in [-0.3, -0.25) is 0 Å². The third kappa shape index (κ3) is 2.76. The summed E-state index contributed by atoms with van der Waals surface area (Å²) < 4.78 is 1.17. The van der Waals surface area contributed by atoms with E-state index >= 15 is 0 Å². The van der Waals surface area contributed by atoms with Gasteiger partial charge in [0.25, 0.3) is 0 Å². The first kappa shape index (κ1) is 12.3. The summed E-state index contributed by atoms with van der Waals surface area (Å²) in [6.07, 6.45) is 4.33. The van der Waals surface area contributed by atoms with E-state index in [4.69, 9.17) is 5.73 Å². The van der Waals surface area contributed by atoms with Gasteiger partial charge in [-0.1, -0.05) is 25.0 Å². The lowest BCUT2D eigenvalue weighted by molar-refractivity contribution is 0.0845. The van der Waals surface area contributed by atoms with E-state index in [-0.39, 0.29) is 12.1 Å². The molecule has 3 N–H and O–H groups in total. The molecular formula is C13H18INO. The van der Waals surface area contributed by atoms with Gasteiger partial charge in [-0.25, -0.2) is 0 Å². The summed E-state index contributed by atoms with van der Waals surface area (Å²) in [6, 6.07) is 7.86. The average molecular weight is 331 g/mol. The molecular weight excluding hydrogens is 313 g/mol. The van der Waals surface area contributed by atoms with Crippen LogP contribution in [0.1, 0.15) is 37.3 Å². The molecule has 2 nitrogen and oxygen atoms in total. The molecule has 1 aliphatic rings. The number of aliphatic hydroxyl groups excluding tert-OH is 1. The maximum atomic E-state index is 10.2. The van der Waals surface area contributed by atoms with Crippen molar-refractivity contribution in [3.63, 3.8) is 0 Å². The van der Waals surface area contributed by atoms with Crippen molar-refractivity contribution in [3.05, 3.63) is 33.4 Å². The summed E-state index contributed by atoms with van der Waals surface area (Å²) in [7, 11) is 0. The highest BCUT2D eigenvalue weighted by Crippen LogP contribution is 2.32. The predicted molar refractivity (Wildman–Crippen MR) is 74.1 cm³/mol. The minimum atomic E-state index is -0.388. The first-order chi connectivity index (χ1) is 7.68. The summed E-state index contributed by atoms with van der Waals surface area (Å²) in [5, 5.41) is 10.2. The van der Waals surface area contributed by atoms with Crippen molar-refractivity contribution >= 4 is 22.6 Å². The maximum Gasteiger partial charge on any atom is 0.0760 e. The molecule has 2 rings (SSSR count). The summed E-state index contributed by atoms with van der Waals surface area (Å²) >= 11 is 2.27. The molecule has 0 saturated heterocycles. The van der Waals surface area contributed by atoms with Gasteiger partial charge >= 0.3 is 0 Å². The molecule has 0 amide bonds. The molecule has 1 aliphatic carbocycles. The second kappa shape index (κ2) is 5.47. The molecule has 16 heavy (non-hydrogen) atoms. The number of benzene rings is 1. The molecule has 0 unspecified atom stereocenters. The number of hydrogen-bond donors (Lipinski definition) is 2. The molecule has 0 bridgehead atoms. The zero-order valence-corrected chi connectivity index (χ0v) is 11.4. The molecule has 1 aromatic rings. The summed E-state index contributed by atoms with van der Waals surface area (Å²) in [5.74, 6) is 0.396. The van der Waals surface area contributed by atoms with Crippen LogP contribution in [0.3, 0.4) is 0 Å². The Morgan fingerprint density at radius 1 is 1.31 bits per heavy atom. The van der Waals surface area contributed by atoms with Crippen LogP contribution in [0.2, 0.25) is 0 Å². The summed E-state index contributed by atoms with van der Waals surface area (Å²) in [4.78, 5) is 0. The van der Waals surface area contributed by atoms with E-state index in [1.165, 1.54) is 16.4 Å². The average Bonchev–Trinajstić information content (AvgIpc) is 2.80. The molecule has 1 saturated carbocycles. The van der Waals surface area contributed by atoms with E-state index in [0.29, 0.717) is 5.92 Å². The number of aliphatic hydroxyl groups is 1. The Morgan fingerprint density at radius 2 is 2.00 bits per heavy atom. The molecule has 1 aromatic carbocycles. The molecule has 0 aromatic heterocycles. The highest BCUT2D eigenvalue weighted by molar-refractivity contribution is 14.1. The van der Waals surface area contributed by atoms with E-state index in [1.54, 1.807) is 0 Å². The van der Waals surface area contributed by atoms with Crippen LogP contribution in [0.15, 0.2) is 24.3 Å². The number of halogens is 1. The Balaban J connectivity index is 2.08. The number of nitrogens with two attached hydrogens (primary N) is 1. The third-order valence-electron chi connectivity index (χ3n) is 3.48. The van der Waals surface area contributed by atoms with Gasteiger partial charge in [-0.15, -0.1) is 0 Å². The number of rotatable bonds is 3. The van der Waals surface area contributed by atoms with Gasteiger partial charge in [-0.2, -0.15) is 0 Å². The fourth-order valence-corrected chi connectivity index (χ4v) is 3.07. The molecule has 88 valence electrons. The number of hydrogen-bond acceptors (Lipinski definition) is 2. The standard InChI is InChI=1S/C13H18INO/c14-11-7-3-6-10(8-11)12(15)13(16)9-4-1-2-5-9/h3,6-9,12-13,16H,1-2,4-5,15H2/t12-,13+/m1/s1. The zero-order valence-electron chi connectivity index (χ0n) is 9.27. The zero-order chi connectivity index (χ0) is 11.5. The predicted octanol–water partition coefficient (Wildman–Crippen LogP) is 2.84. The highest BCUT2D eigenvalue weighted by atomic mass is 127. The lowest BCUT2D eigenvalue weighted by Gasteiger charge is -2.24. The normalized spacial score (nSPS) is 20.9. The topological polar surface area (TPSA) is 46.2 Å². The van der Waals surface area contributed by atoms with Gasteiger partial charge < -0.3 is 10.8 Å². The van der Waals surface area contributed by atoms with Crippen LogP contribution >= 0.6 is 22.6 Å². The summed E-state index contributed by atoms with van der Waals surface area (Å²) in [5.41, 5.74) is 7.18. The monoisotopic (exact) mass is 331 g/mol. The molecule has 3 heteroatoms. The van der Waals surface area contributed by atoms with Gasteiger partial charge in [0, 0.05) is 3.57 Å². The quantitative estimate of drug-likeness (QED) is 0.837. The van der Waals surface area contributed by atoms with Crippen molar-refractivity contribution in [2.75, 3.05) is 0 Å². The Hall–Kier alpha value is -0.130. The van der Waals surface area contributed by atoms with Gasteiger partial charge in [0.1, 0.15) is 0 Å². The van der Waals surface area contributed by atoms with Crippen LogP contribution in [0.5, 0.6) is 0 Å². The van der Waals surface area contributed by atoms with Crippen molar-refractivity contribution in [2.24, 2.45) is 11.7 Å². The van der Waals surface area contributed by atoms with E-state index in [9.17, 15) is 5.11 Å². The molecule has 0 radical (unpaired) electrons. The Morgan fingerprint density at radius 3 is 2.62 bits per heavy atom. The van der Waals surface area contributed by atoms with Crippen molar-refractivity contribution in [1.82, 2.24) is 0 Å². The Labute approximate surface area is 110 Å². The highest BCUT2D eigenvalue weighted by Gasteiger charge is 2.28. The van der Waals surface area contributed by atoms with Crippen LogP contribution in [-0.4, -0.2) is 11.2 Å². The second-order valence-corrected chi connectivity index (χ2v) is 5.86. The van der Waals surface area contributed by atoms with Crippen LogP contribution < -0.4 is 5.73 Å². The van der Waals surface area contributed by atoms with Crippen molar-refractivity contribution in [2.45, 2.75) is 37.8 Å². The van der Waals surface area contributed by atoms with Gasteiger partial charge in [0.2, 0.25) is 0 Å². The molecule has 0 aliphatic heterocycles. The lowest BCUT2D eigenvalue weighted by Crippen LogP contribution is -2.31. The minimum Gasteiger partial charge on any atom is -0.391 e. The van der Waals surface area contributed by atoms with Crippen LogP contribution in [0.4, 0.5) is 0 Å². The molecule has 0 heterocycles. The van der Waals surface area contributed by atoms with Crippen LogP contribution in [0, 0.1) is 9.49 Å². The van der Waals surface area contributed by atoms with Crippen molar-refractivity contribution in [1.29, 1.82) is 0 Å². The lowest BCUT2D eigenvalue weighted by atomic mass is 9.91. The van der Waals surface area contributed by atoms with Crippen LogP contribution in [0.25, 0.3) is 0 Å². The molecule has 2 atom stereocenters. The third-order valence-corrected chi connectivity index (χ3v) is 4.16. The first-order valence-corrected chi connectivity index (χ1v) is 6.95. The largest absolute Gasteiger partial charge is 0.391 e. The van der Waals surface area contributed by atoms with Crippen molar-refractivity contribution < 1.29 is 5.11 Å². The Kier molecular flexibility index (Phi) is 4.21. The smallest absolute Gasteiger partial charge is 0.0760 e. The first-order valence-electron chi connectivity index (χ1n) is 5.87. The molecule has 0 spiro atoms. The Bertz CT molecular complexity index is 350. The fourth-order valence-electron chi connectivity index (χ4n) is 2.50. The fraction of sp³-hybridized carbons (Fsp3) is 0.538.